The van der Waals surface area contributed by atoms with Crippen molar-refractivity contribution in [1.82, 2.24) is 0 Å². The van der Waals surface area contributed by atoms with E-state index in [1.165, 1.54) is 16.7 Å². The maximum atomic E-state index is 5.88. The molecular weight excluding hydrogens is 210 g/mol. The molecule has 2 N–H and O–H groups in total. The number of aryl methyl sites for hydroxylation is 2. The highest BCUT2D eigenvalue weighted by Gasteiger charge is 2.40. The van der Waals surface area contributed by atoms with Crippen molar-refractivity contribution < 1.29 is 4.74 Å². The van der Waals surface area contributed by atoms with Crippen molar-refractivity contribution in [2.45, 2.75) is 45.1 Å². The fourth-order valence-electron chi connectivity index (χ4n) is 2.59. The van der Waals surface area contributed by atoms with Gasteiger partial charge in [0.1, 0.15) is 0 Å². The van der Waals surface area contributed by atoms with E-state index in [9.17, 15) is 0 Å². The molecule has 1 fully saturated rings. The molecule has 2 rings (SSSR count). The molecule has 1 aliphatic rings. The summed E-state index contributed by atoms with van der Waals surface area (Å²) in [5.41, 5.74) is 10.3. The van der Waals surface area contributed by atoms with Crippen LogP contribution in [0.1, 0.15) is 36.5 Å². The van der Waals surface area contributed by atoms with E-state index in [1.807, 2.05) is 0 Å². The molecule has 0 bridgehead atoms. The highest BCUT2D eigenvalue weighted by Crippen LogP contribution is 2.39. The van der Waals surface area contributed by atoms with Gasteiger partial charge >= 0.3 is 0 Å². The van der Waals surface area contributed by atoms with Crippen LogP contribution in [0.25, 0.3) is 0 Å². The summed E-state index contributed by atoms with van der Waals surface area (Å²) < 4.78 is 5.48. The number of ether oxygens (including phenoxy) is 1. The van der Waals surface area contributed by atoms with E-state index in [4.69, 9.17) is 10.5 Å². The molecule has 17 heavy (non-hydrogen) atoms. The van der Waals surface area contributed by atoms with Gasteiger partial charge in [0, 0.05) is 11.5 Å². The molecule has 0 saturated carbocycles. The molecule has 1 atom stereocenters. The summed E-state index contributed by atoms with van der Waals surface area (Å²) in [5.74, 6) is 0. The fourth-order valence-corrected chi connectivity index (χ4v) is 2.59. The molecule has 1 saturated heterocycles. The van der Waals surface area contributed by atoms with Crippen LogP contribution in [0.2, 0.25) is 0 Å². The third-order valence-corrected chi connectivity index (χ3v) is 3.80. The highest BCUT2D eigenvalue weighted by atomic mass is 16.5. The Morgan fingerprint density at radius 3 is 2.59 bits per heavy atom. The number of rotatable bonds is 4. The van der Waals surface area contributed by atoms with Crippen molar-refractivity contribution >= 4 is 0 Å². The first-order chi connectivity index (χ1) is 8.03. The van der Waals surface area contributed by atoms with Crippen LogP contribution >= 0.6 is 0 Å². The summed E-state index contributed by atoms with van der Waals surface area (Å²) >= 11 is 0. The first-order valence-electron chi connectivity index (χ1n) is 6.44. The van der Waals surface area contributed by atoms with Crippen LogP contribution < -0.4 is 5.73 Å². The van der Waals surface area contributed by atoms with Crippen LogP contribution in [0.3, 0.4) is 0 Å². The van der Waals surface area contributed by atoms with Crippen LogP contribution in [-0.4, -0.2) is 19.3 Å². The lowest BCUT2D eigenvalue weighted by Gasteiger charge is -2.43. The van der Waals surface area contributed by atoms with Gasteiger partial charge in [-0.3, -0.25) is 0 Å². The minimum atomic E-state index is 0.226. The second-order valence-corrected chi connectivity index (χ2v) is 5.61. The van der Waals surface area contributed by atoms with Gasteiger partial charge in [-0.1, -0.05) is 23.8 Å². The number of benzene rings is 1. The van der Waals surface area contributed by atoms with E-state index in [-0.39, 0.29) is 11.5 Å². The lowest BCUT2D eigenvalue weighted by Crippen LogP contribution is -2.48. The molecule has 0 aromatic heterocycles. The monoisotopic (exact) mass is 233 g/mol. The van der Waals surface area contributed by atoms with Crippen LogP contribution in [0.5, 0.6) is 0 Å². The van der Waals surface area contributed by atoms with E-state index >= 15 is 0 Å². The van der Waals surface area contributed by atoms with Crippen molar-refractivity contribution in [2.75, 3.05) is 13.2 Å². The second kappa shape index (κ2) is 4.79. The summed E-state index contributed by atoms with van der Waals surface area (Å²) in [4.78, 5) is 0. The average Bonchev–Trinajstić information content (AvgIpc) is 2.21. The minimum Gasteiger partial charge on any atom is -0.379 e. The smallest absolute Gasteiger partial charge is 0.0585 e. The maximum Gasteiger partial charge on any atom is 0.0585 e. The molecule has 2 nitrogen and oxygen atoms in total. The summed E-state index contributed by atoms with van der Waals surface area (Å²) in [6.07, 6.45) is 2.20. The SMILES string of the molecule is Cc1ccc(C)c(C2(CCC(C)N)COC2)c1. The second-order valence-electron chi connectivity index (χ2n) is 5.61. The van der Waals surface area contributed by atoms with E-state index in [0.29, 0.717) is 0 Å². The van der Waals surface area contributed by atoms with E-state index < -0.39 is 0 Å². The highest BCUT2D eigenvalue weighted by molar-refractivity contribution is 5.38. The Bertz CT molecular complexity index is 394. The van der Waals surface area contributed by atoms with Crippen molar-refractivity contribution in [2.24, 2.45) is 5.73 Å². The first-order valence-corrected chi connectivity index (χ1v) is 6.44. The molecule has 0 aliphatic carbocycles. The predicted octanol–water partition coefficient (Wildman–Crippen LogP) is 2.70. The lowest BCUT2D eigenvalue weighted by atomic mass is 9.72. The molecule has 94 valence electrons. The van der Waals surface area contributed by atoms with E-state index in [2.05, 4.69) is 39.0 Å². The molecule has 1 unspecified atom stereocenters. The van der Waals surface area contributed by atoms with Crippen molar-refractivity contribution in [3.05, 3.63) is 34.9 Å². The summed E-state index contributed by atoms with van der Waals surface area (Å²) in [6, 6.07) is 6.99. The van der Waals surface area contributed by atoms with Gasteiger partial charge in [0.05, 0.1) is 13.2 Å². The Kier molecular flexibility index (Phi) is 3.55. The quantitative estimate of drug-likeness (QED) is 0.868. The number of hydrogen-bond donors (Lipinski definition) is 1. The number of hydrogen-bond acceptors (Lipinski definition) is 2. The van der Waals surface area contributed by atoms with Gasteiger partial charge in [0.2, 0.25) is 0 Å². The molecule has 0 spiro atoms. The molecule has 1 aromatic rings. The van der Waals surface area contributed by atoms with Crippen LogP contribution in [0.15, 0.2) is 18.2 Å². The zero-order valence-electron chi connectivity index (χ0n) is 11.1. The van der Waals surface area contributed by atoms with Crippen molar-refractivity contribution in [3.8, 4) is 0 Å². The Labute approximate surface area is 104 Å². The van der Waals surface area contributed by atoms with Crippen molar-refractivity contribution in [3.63, 3.8) is 0 Å². The molecule has 2 heteroatoms. The average molecular weight is 233 g/mol. The zero-order valence-corrected chi connectivity index (χ0v) is 11.1. The van der Waals surface area contributed by atoms with Crippen LogP contribution in [0, 0.1) is 13.8 Å². The minimum absolute atomic E-state index is 0.226. The van der Waals surface area contributed by atoms with Crippen LogP contribution in [0.4, 0.5) is 0 Å². The molecule has 1 heterocycles. The largest absolute Gasteiger partial charge is 0.379 e. The third kappa shape index (κ3) is 2.53. The van der Waals surface area contributed by atoms with Crippen molar-refractivity contribution in [1.29, 1.82) is 0 Å². The van der Waals surface area contributed by atoms with Gasteiger partial charge < -0.3 is 10.5 Å². The topological polar surface area (TPSA) is 35.2 Å². The first kappa shape index (κ1) is 12.6. The van der Waals surface area contributed by atoms with Crippen LogP contribution in [-0.2, 0) is 10.2 Å². The third-order valence-electron chi connectivity index (χ3n) is 3.80. The molecular formula is C15H23NO. The molecule has 0 radical (unpaired) electrons. The zero-order chi connectivity index (χ0) is 12.5. The number of nitrogens with two attached hydrogens (primary N) is 1. The van der Waals surface area contributed by atoms with Gasteiger partial charge in [0.25, 0.3) is 0 Å². The predicted molar refractivity (Wildman–Crippen MR) is 71.3 cm³/mol. The molecule has 0 amide bonds. The standard InChI is InChI=1S/C15H23NO/c1-11-4-5-12(2)14(8-11)15(9-17-10-15)7-6-13(3)16/h4-5,8,13H,6-7,9-10,16H2,1-3H3. The Hall–Kier alpha value is -0.860. The van der Waals surface area contributed by atoms with Gasteiger partial charge in [-0.25, -0.2) is 0 Å². The molecule has 1 aliphatic heterocycles. The van der Waals surface area contributed by atoms with Gasteiger partial charge in [-0.2, -0.15) is 0 Å². The Morgan fingerprint density at radius 2 is 2.06 bits per heavy atom. The summed E-state index contributed by atoms with van der Waals surface area (Å²) in [5, 5.41) is 0. The van der Waals surface area contributed by atoms with E-state index in [0.717, 1.165) is 26.1 Å². The van der Waals surface area contributed by atoms with E-state index in [1.54, 1.807) is 0 Å². The fraction of sp³-hybridized carbons (Fsp3) is 0.600. The maximum absolute atomic E-state index is 5.88. The molecule has 1 aromatic carbocycles. The Balaban J connectivity index is 2.24. The van der Waals surface area contributed by atoms with Gasteiger partial charge in [0.15, 0.2) is 0 Å². The van der Waals surface area contributed by atoms with Gasteiger partial charge in [-0.15, -0.1) is 0 Å². The summed E-state index contributed by atoms with van der Waals surface area (Å²) in [6.45, 7) is 8.13. The Morgan fingerprint density at radius 1 is 1.35 bits per heavy atom. The lowest BCUT2D eigenvalue weighted by molar-refractivity contribution is -0.0659. The normalized spacial score (nSPS) is 19.8. The van der Waals surface area contributed by atoms with Gasteiger partial charge in [-0.05, 0) is 44.7 Å². The summed E-state index contributed by atoms with van der Waals surface area (Å²) in [7, 11) is 0.